The number of carbonyl (C=O) groups excluding carboxylic acids is 1. The molecule has 1 aliphatic heterocycles. The molecule has 0 radical (unpaired) electrons. The van der Waals surface area contributed by atoms with Crippen LogP contribution in [0.4, 0.5) is 11.8 Å². The maximum absolute atomic E-state index is 11.6. The second kappa shape index (κ2) is 3.82. The van der Waals surface area contributed by atoms with Gasteiger partial charge in [0.25, 0.3) is 0 Å². The molecule has 2 rings (SSSR count). The molecule has 0 aliphatic carbocycles. The topological polar surface area (TPSA) is 92.3 Å². The van der Waals surface area contributed by atoms with Gasteiger partial charge in [0, 0.05) is 31.7 Å². The minimum Gasteiger partial charge on any atom is -0.396 e. The van der Waals surface area contributed by atoms with Gasteiger partial charge in [-0.2, -0.15) is 4.98 Å². The first kappa shape index (κ1) is 9.85. The van der Waals surface area contributed by atoms with Crippen LogP contribution in [0.15, 0.2) is 12.3 Å². The summed E-state index contributed by atoms with van der Waals surface area (Å²) in [6, 6.07) is 1.63. The predicted octanol–water partition coefficient (Wildman–Crippen LogP) is -0.596. The molecule has 15 heavy (non-hydrogen) atoms. The van der Waals surface area contributed by atoms with Crippen LogP contribution >= 0.6 is 0 Å². The summed E-state index contributed by atoms with van der Waals surface area (Å²) in [7, 11) is 0. The zero-order chi connectivity index (χ0) is 10.8. The number of anilines is 2. The van der Waals surface area contributed by atoms with E-state index in [0.717, 1.165) is 0 Å². The van der Waals surface area contributed by atoms with Crippen molar-refractivity contribution in [2.24, 2.45) is 5.92 Å². The van der Waals surface area contributed by atoms with E-state index in [2.05, 4.69) is 9.97 Å². The Balaban J connectivity index is 2.21. The highest BCUT2D eigenvalue weighted by atomic mass is 16.3. The Morgan fingerprint density at radius 2 is 2.47 bits per heavy atom. The number of nitrogen functional groups attached to an aromatic ring is 1. The van der Waals surface area contributed by atoms with Gasteiger partial charge in [0.1, 0.15) is 5.82 Å². The highest BCUT2D eigenvalue weighted by Crippen LogP contribution is 2.22. The van der Waals surface area contributed by atoms with E-state index in [4.69, 9.17) is 10.8 Å². The standard InChI is InChI=1S/C9H12N4O2/c10-9-11-2-1-7(12-9)13-4-6(5-14)3-8(13)15/h1-2,6,14H,3-5H2,(H2,10,11,12). The van der Waals surface area contributed by atoms with Crippen molar-refractivity contribution in [1.82, 2.24) is 9.97 Å². The van der Waals surface area contributed by atoms with E-state index < -0.39 is 0 Å². The number of aliphatic hydroxyl groups is 1. The summed E-state index contributed by atoms with van der Waals surface area (Å²) in [5, 5.41) is 8.97. The Kier molecular flexibility index (Phi) is 2.51. The Morgan fingerprint density at radius 3 is 3.07 bits per heavy atom. The average Bonchev–Trinajstić information content (AvgIpc) is 2.60. The van der Waals surface area contributed by atoms with Crippen molar-refractivity contribution in [1.29, 1.82) is 0 Å². The van der Waals surface area contributed by atoms with Crippen molar-refractivity contribution in [2.45, 2.75) is 6.42 Å². The van der Waals surface area contributed by atoms with Gasteiger partial charge in [-0.25, -0.2) is 4.98 Å². The van der Waals surface area contributed by atoms with Crippen LogP contribution in [0.3, 0.4) is 0 Å². The highest BCUT2D eigenvalue weighted by molar-refractivity contribution is 5.94. The number of nitrogens with zero attached hydrogens (tertiary/aromatic N) is 3. The van der Waals surface area contributed by atoms with E-state index >= 15 is 0 Å². The van der Waals surface area contributed by atoms with Crippen molar-refractivity contribution in [3.8, 4) is 0 Å². The molecule has 0 bridgehead atoms. The Labute approximate surface area is 86.7 Å². The molecule has 3 N–H and O–H groups in total. The zero-order valence-corrected chi connectivity index (χ0v) is 8.13. The van der Waals surface area contributed by atoms with Crippen molar-refractivity contribution in [2.75, 3.05) is 23.8 Å². The van der Waals surface area contributed by atoms with E-state index in [9.17, 15) is 4.79 Å². The SMILES string of the molecule is Nc1nccc(N2CC(CO)CC2=O)n1. The molecule has 1 fully saturated rings. The van der Waals surface area contributed by atoms with Crippen LogP contribution in [0.2, 0.25) is 0 Å². The Morgan fingerprint density at radius 1 is 1.67 bits per heavy atom. The second-order valence-corrected chi connectivity index (χ2v) is 3.53. The van der Waals surface area contributed by atoms with E-state index in [1.165, 1.54) is 11.1 Å². The number of aliphatic hydroxyl groups excluding tert-OH is 1. The quantitative estimate of drug-likeness (QED) is 0.677. The number of amides is 1. The number of nitrogens with two attached hydrogens (primary N) is 1. The zero-order valence-electron chi connectivity index (χ0n) is 8.13. The Hall–Kier alpha value is -1.69. The molecule has 0 aromatic carbocycles. The first-order valence-electron chi connectivity index (χ1n) is 4.70. The third-order valence-corrected chi connectivity index (χ3v) is 2.40. The van der Waals surface area contributed by atoms with Crippen LogP contribution in [-0.4, -0.2) is 34.1 Å². The molecular formula is C9H12N4O2. The fourth-order valence-electron chi connectivity index (χ4n) is 1.64. The molecule has 0 spiro atoms. The second-order valence-electron chi connectivity index (χ2n) is 3.53. The van der Waals surface area contributed by atoms with Gasteiger partial charge in [-0.1, -0.05) is 0 Å². The van der Waals surface area contributed by atoms with Gasteiger partial charge in [-0.15, -0.1) is 0 Å². The van der Waals surface area contributed by atoms with Crippen molar-refractivity contribution in [3.05, 3.63) is 12.3 Å². The molecule has 6 nitrogen and oxygen atoms in total. The number of carbonyl (C=O) groups is 1. The van der Waals surface area contributed by atoms with E-state index in [0.29, 0.717) is 18.8 Å². The fourth-order valence-corrected chi connectivity index (χ4v) is 1.64. The lowest BCUT2D eigenvalue weighted by Crippen LogP contribution is -2.26. The summed E-state index contributed by atoms with van der Waals surface area (Å²) in [6.07, 6.45) is 1.87. The molecule has 1 unspecified atom stereocenters. The van der Waals surface area contributed by atoms with Crippen molar-refractivity contribution >= 4 is 17.7 Å². The van der Waals surface area contributed by atoms with E-state index in [1.807, 2.05) is 0 Å². The third-order valence-electron chi connectivity index (χ3n) is 2.40. The lowest BCUT2D eigenvalue weighted by Gasteiger charge is -2.14. The third kappa shape index (κ3) is 1.89. The largest absolute Gasteiger partial charge is 0.396 e. The number of aromatic nitrogens is 2. The summed E-state index contributed by atoms with van der Waals surface area (Å²) < 4.78 is 0. The molecule has 6 heteroatoms. The van der Waals surface area contributed by atoms with Gasteiger partial charge in [0.05, 0.1) is 0 Å². The molecule has 1 saturated heterocycles. The number of rotatable bonds is 2. The van der Waals surface area contributed by atoms with Gasteiger partial charge in [0.2, 0.25) is 11.9 Å². The van der Waals surface area contributed by atoms with Crippen molar-refractivity contribution in [3.63, 3.8) is 0 Å². The van der Waals surface area contributed by atoms with Crippen LogP contribution < -0.4 is 10.6 Å². The summed E-state index contributed by atoms with van der Waals surface area (Å²) in [5.41, 5.74) is 5.43. The molecule has 1 aromatic rings. The summed E-state index contributed by atoms with van der Waals surface area (Å²) in [5.74, 6) is 0.608. The van der Waals surface area contributed by atoms with Gasteiger partial charge in [0.15, 0.2) is 0 Å². The van der Waals surface area contributed by atoms with Gasteiger partial charge in [-0.05, 0) is 6.07 Å². The molecule has 0 saturated carbocycles. The molecule has 80 valence electrons. The minimum atomic E-state index is -0.0350. The van der Waals surface area contributed by atoms with Crippen LogP contribution in [0.1, 0.15) is 6.42 Å². The lowest BCUT2D eigenvalue weighted by atomic mass is 10.1. The molecule has 1 aromatic heterocycles. The fraction of sp³-hybridized carbons (Fsp3) is 0.444. The maximum atomic E-state index is 11.6. The van der Waals surface area contributed by atoms with E-state index in [-0.39, 0.29) is 24.4 Å². The highest BCUT2D eigenvalue weighted by Gasteiger charge is 2.30. The van der Waals surface area contributed by atoms with Crippen LogP contribution in [0.5, 0.6) is 0 Å². The minimum absolute atomic E-state index is 0.00584. The lowest BCUT2D eigenvalue weighted by molar-refractivity contribution is -0.117. The summed E-state index contributed by atoms with van der Waals surface area (Å²) in [6.45, 7) is 0.509. The van der Waals surface area contributed by atoms with Crippen LogP contribution in [0, 0.1) is 5.92 Å². The van der Waals surface area contributed by atoms with Gasteiger partial charge in [-0.3, -0.25) is 9.69 Å². The summed E-state index contributed by atoms with van der Waals surface area (Å²) in [4.78, 5) is 20.8. The van der Waals surface area contributed by atoms with Crippen LogP contribution in [0.25, 0.3) is 0 Å². The molecule has 2 heterocycles. The van der Waals surface area contributed by atoms with E-state index in [1.54, 1.807) is 6.07 Å². The van der Waals surface area contributed by atoms with Gasteiger partial charge < -0.3 is 10.8 Å². The molecule has 1 atom stereocenters. The number of hydrogen-bond donors (Lipinski definition) is 2. The normalized spacial score (nSPS) is 21.0. The average molecular weight is 208 g/mol. The molecular weight excluding hydrogens is 196 g/mol. The summed E-state index contributed by atoms with van der Waals surface area (Å²) >= 11 is 0. The Bertz CT molecular complexity index is 382. The smallest absolute Gasteiger partial charge is 0.228 e. The predicted molar refractivity (Wildman–Crippen MR) is 54.0 cm³/mol. The molecule has 1 aliphatic rings. The maximum Gasteiger partial charge on any atom is 0.228 e. The number of hydrogen-bond acceptors (Lipinski definition) is 5. The van der Waals surface area contributed by atoms with Crippen molar-refractivity contribution < 1.29 is 9.90 Å². The monoisotopic (exact) mass is 208 g/mol. The van der Waals surface area contributed by atoms with Crippen LogP contribution in [-0.2, 0) is 4.79 Å². The van der Waals surface area contributed by atoms with Gasteiger partial charge >= 0.3 is 0 Å². The first-order chi connectivity index (χ1) is 7.20. The molecule has 1 amide bonds. The first-order valence-corrected chi connectivity index (χ1v) is 4.70.